The number of aryl methyl sites for hydroxylation is 2. The molecule has 0 bridgehead atoms. The van der Waals surface area contributed by atoms with Gasteiger partial charge in [0.15, 0.2) is 0 Å². The van der Waals surface area contributed by atoms with Gasteiger partial charge in [0.05, 0.1) is 20.2 Å². The third kappa shape index (κ3) is 14.9. The predicted octanol–water partition coefficient (Wildman–Crippen LogP) is -1.47. The first-order valence-corrected chi connectivity index (χ1v) is 7.51. The Hall–Kier alpha value is -1.05. The topological polar surface area (TPSA) is 150 Å². The van der Waals surface area contributed by atoms with Gasteiger partial charge >= 0.3 is 10.4 Å². The largest absolute Gasteiger partial charge is 0.726 e. The molecule has 0 amide bonds. The maximum absolute atomic E-state index is 10.2. The van der Waals surface area contributed by atoms with E-state index in [2.05, 4.69) is 4.18 Å². The minimum absolute atomic E-state index is 0.0132. The number of imidazole rings is 1. The lowest BCUT2D eigenvalue weighted by Gasteiger charge is -1.97. The van der Waals surface area contributed by atoms with Gasteiger partial charge in [0.25, 0.3) is 0 Å². The molecule has 1 heterocycles. The van der Waals surface area contributed by atoms with Crippen molar-refractivity contribution in [2.24, 2.45) is 7.05 Å². The van der Waals surface area contributed by atoms with Crippen molar-refractivity contribution in [3.63, 3.8) is 0 Å². The molecule has 0 fully saturated rings. The van der Waals surface area contributed by atoms with Gasteiger partial charge < -0.3 is 4.55 Å². The zero-order valence-corrected chi connectivity index (χ0v) is 11.5. The summed E-state index contributed by atoms with van der Waals surface area (Å²) in [5.41, 5.74) is 0. The SMILES string of the molecule is C[n+]1ccn(CCCOS(=O)(=O)O)c1.O=S(=O)([O-])O. The van der Waals surface area contributed by atoms with Crippen molar-refractivity contribution < 1.29 is 39.2 Å². The van der Waals surface area contributed by atoms with Gasteiger partial charge in [-0.15, -0.1) is 0 Å². The number of rotatable bonds is 5. The van der Waals surface area contributed by atoms with Crippen LogP contribution in [0.25, 0.3) is 0 Å². The first-order chi connectivity index (χ1) is 8.47. The van der Waals surface area contributed by atoms with Crippen molar-refractivity contribution in [1.82, 2.24) is 4.57 Å². The van der Waals surface area contributed by atoms with E-state index in [-0.39, 0.29) is 6.61 Å². The van der Waals surface area contributed by atoms with Crippen molar-refractivity contribution >= 4 is 20.8 Å². The summed E-state index contributed by atoms with van der Waals surface area (Å²) in [7, 11) is -7.31. The maximum atomic E-state index is 10.2. The van der Waals surface area contributed by atoms with Gasteiger partial charge in [-0.3, -0.25) is 9.11 Å². The van der Waals surface area contributed by atoms with Crippen LogP contribution in [0, 0.1) is 0 Å². The first-order valence-electron chi connectivity index (χ1n) is 4.78. The van der Waals surface area contributed by atoms with E-state index in [4.69, 9.17) is 22.1 Å². The summed E-state index contributed by atoms with van der Waals surface area (Å²) in [5.74, 6) is 0. The van der Waals surface area contributed by atoms with Gasteiger partial charge in [0.2, 0.25) is 16.7 Å². The molecule has 1 aromatic heterocycles. The standard InChI is InChI=1S/C7H12N2O4S.H2O4S/c1-8-4-5-9(7-8)3-2-6-13-14(10,11)12;1-5(2,3)4/h4-5,7H,2-3,6H2,1H3;(H2,1,2,3,4). The third-order valence-corrected chi connectivity index (χ3v) is 2.08. The van der Waals surface area contributed by atoms with Crippen LogP contribution in [0.5, 0.6) is 0 Å². The van der Waals surface area contributed by atoms with E-state index in [1.165, 1.54) is 0 Å². The van der Waals surface area contributed by atoms with Crippen LogP contribution in [-0.4, -0.2) is 41.7 Å². The molecule has 0 spiro atoms. The molecule has 12 heteroatoms. The Kier molecular flexibility index (Phi) is 7.10. The van der Waals surface area contributed by atoms with Crippen molar-refractivity contribution in [2.45, 2.75) is 13.0 Å². The van der Waals surface area contributed by atoms with Crippen LogP contribution in [0.1, 0.15) is 6.42 Å². The van der Waals surface area contributed by atoms with Crippen LogP contribution in [0.2, 0.25) is 0 Å². The Morgan fingerprint density at radius 3 is 2.21 bits per heavy atom. The van der Waals surface area contributed by atoms with Crippen LogP contribution in [0.4, 0.5) is 0 Å². The average molecular weight is 318 g/mol. The lowest BCUT2D eigenvalue weighted by atomic mass is 10.4. The van der Waals surface area contributed by atoms with Gasteiger partial charge in [0.1, 0.15) is 12.4 Å². The van der Waals surface area contributed by atoms with Crippen LogP contribution in [0.15, 0.2) is 18.7 Å². The molecule has 10 nitrogen and oxygen atoms in total. The fourth-order valence-corrected chi connectivity index (χ4v) is 1.37. The number of hydrogen-bond acceptors (Lipinski definition) is 6. The number of hydrogen-bond donors (Lipinski definition) is 2. The summed E-state index contributed by atoms with van der Waals surface area (Å²) in [6.45, 7) is 0.636. The molecule has 0 aliphatic heterocycles. The zero-order chi connectivity index (χ0) is 15.1. The quantitative estimate of drug-likeness (QED) is 0.289. The molecule has 0 atom stereocenters. The highest BCUT2D eigenvalue weighted by Gasteiger charge is 2.04. The van der Waals surface area contributed by atoms with Gasteiger partial charge in [-0.05, 0) is 0 Å². The number of nitrogens with zero attached hydrogens (tertiary/aromatic N) is 2. The summed E-state index contributed by atoms with van der Waals surface area (Å²) in [6, 6.07) is 0. The van der Waals surface area contributed by atoms with Crippen LogP contribution >= 0.6 is 0 Å². The Balaban J connectivity index is 0.000000555. The molecule has 1 aromatic rings. The van der Waals surface area contributed by atoms with Gasteiger partial charge in [0, 0.05) is 6.42 Å². The normalized spacial score (nSPS) is 11.8. The van der Waals surface area contributed by atoms with E-state index < -0.39 is 20.8 Å². The summed E-state index contributed by atoms with van der Waals surface area (Å²) >= 11 is 0. The zero-order valence-electron chi connectivity index (χ0n) is 9.91. The van der Waals surface area contributed by atoms with Gasteiger partial charge in [-0.25, -0.2) is 21.7 Å². The summed E-state index contributed by atoms with van der Waals surface area (Å²) in [4.78, 5) is 0. The first kappa shape index (κ1) is 17.9. The summed E-state index contributed by atoms with van der Waals surface area (Å²) in [5, 5.41) is 0. The molecule has 0 saturated carbocycles. The average Bonchev–Trinajstić information content (AvgIpc) is 2.55. The smallest absolute Gasteiger partial charge is 0.397 e. The van der Waals surface area contributed by atoms with Gasteiger partial charge in [-0.1, -0.05) is 0 Å². The molecule has 0 aliphatic carbocycles. The second-order valence-corrected chi connectivity index (χ2v) is 5.29. The minimum Gasteiger partial charge on any atom is -0.726 e. The van der Waals surface area contributed by atoms with E-state index in [9.17, 15) is 8.42 Å². The van der Waals surface area contributed by atoms with Crippen molar-refractivity contribution in [1.29, 1.82) is 0 Å². The fraction of sp³-hybridized carbons (Fsp3) is 0.571. The molecular formula is C7H14N2O8S2. The minimum atomic E-state index is -4.92. The van der Waals surface area contributed by atoms with E-state index in [0.717, 1.165) is 0 Å². The molecule has 0 aromatic carbocycles. The molecule has 0 aliphatic rings. The third-order valence-electron chi connectivity index (χ3n) is 1.62. The second kappa shape index (κ2) is 7.52. The second-order valence-electron chi connectivity index (χ2n) is 3.35. The number of aromatic nitrogens is 2. The van der Waals surface area contributed by atoms with Crippen LogP contribution < -0.4 is 4.57 Å². The highest BCUT2D eigenvalue weighted by Crippen LogP contribution is 1.93. The van der Waals surface area contributed by atoms with E-state index in [0.29, 0.717) is 13.0 Å². The lowest BCUT2D eigenvalue weighted by molar-refractivity contribution is -0.671. The Morgan fingerprint density at radius 1 is 1.32 bits per heavy atom. The highest BCUT2D eigenvalue weighted by atomic mass is 32.3. The van der Waals surface area contributed by atoms with E-state index in [1.807, 2.05) is 34.9 Å². The Labute approximate surface area is 110 Å². The van der Waals surface area contributed by atoms with Crippen molar-refractivity contribution in [2.75, 3.05) is 6.61 Å². The van der Waals surface area contributed by atoms with Crippen LogP contribution in [0.3, 0.4) is 0 Å². The summed E-state index contributed by atoms with van der Waals surface area (Å²) in [6.07, 6.45) is 6.14. The molecule has 0 radical (unpaired) electrons. The lowest BCUT2D eigenvalue weighted by Crippen LogP contribution is -2.23. The molecule has 112 valence electrons. The molecule has 0 saturated heterocycles. The van der Waals surface area contributed by atoms with Crippen molar-refractivity contribution in [3.8, 4) is 0 Å². The van der Waals surface area contributed by atoms with E-state index in [1.54, 1.807) is 0 Å². The Morgan fingerprint density at radius 2 is 1.84 bits per heavy atom. The molecular weight excluding hydrogens is 304 g/mol. The van der Waals surface area contributed by atoms with Gasteiger partial charge in [-0.2, -0.15) is 8.42 Å². The highest BCUT2D eigenvalue weighted by molar-refractivity contribution is 7.80. The van der Waals surface area contributed by atoms with Crippen LogP contribution in [-0.2, 0) is 38.6 Å². The van der Waals surface area contributed by atoms with E-state index >= 15 is 0 Å². The van der Waals surface area contributed by atoms with Crippen molar-refractivity contribution in [3.05, 3.63) is 18.7 Å². The molecule has 19 heavy (non-hydrogen) atoms. The molecule has 1 rings (SSSR count). The predicted molar refractivity (Wildman–Crippen MR) is 60.1 cm³/mol. The molecule has 2 N–H and O–H groups in total. The fourth-order valence-electron chi connectivity index (χ4n) is 1.05. The molecule has 0 unspecified atom stereocenters. The Bertz CT molecular complexity index is 568. The monoisotopic (exact) mass is 318 g/mol. The maximum Gasteiger partial charge on any atom is 0.397 e. The summed E-state index contributed by atoms with van der Waals surface area (Å²) < 4.78 is 69.4.